The van der Waals surface area contributed by atoms with Gasteiger partial charge in [0.2, 0.25) is 0 Å². The van der Waals surface area contributed by atoms with E-state index in [-0.39, 0.29) is 0 Å². The smallest absolute Gasteiger partial charge is 0.0727 e. The van der Waals surface area contributed by atoms with Gasteiger partial charge in [-0.2, -0.15) is 0 Å². The highest BCUT2D eigenvalue weighted by Crippen LogP contribution is 1.81. The molecule has 0 aromatic carbocycles. The lowest BCUT2D eigenvalue weighted by atomic mass is 10.7. The lowest BCUT2D eigenvalue weighted by molar-refractivity contribution is 0.0571. The van der Waals surface area contributed by atoms with Gasteiger partial charge in [0.05, 0.1) is 38.1 Å². The van der Waals surface area contributed by atoms with Crippen LogP contribution in [0.15, 0.2) is 4.99 Å². The Kier molecular flexibility index (Phi) is 10.8. The summed E-state index contributed by atoms with van der Waals surface area (Å²) in [6.45, 7) is 2.65. The SMILES string of the molecule is C[S@](=O)CCOCCOCCN=C=S. The van der Waals surface area contributed by atoms with E-state index in [0.717, 1.165) is 0 Å². The number of nitrogens with zero attached hydrogens (tertiary/aromatic N) is 1. The van der Waals surface area contributed by atoms with E-state index in [4.69, 9.17) is 9.47 Å². The third kappa shape index (κ3) is 11.9. The van der Waals surface area contributed by atoms with Gasteiger partial charge in [0.15, 0.2) is 0 Å². The fourth-order valence-corrected chi connectivity index (χ4v) is 1.10. The van der Waals surface area contributed by atoms with Gasteiger partial charge in [0, 0.05) is 22.8 Å². The van der Waals surface area contributed by atoms with Gasteiger partial charge >= 0.3 is 0 Å². The van der Waals surface area contributed by atoms with Crippen LogP contribution in [0, 0.1) is 0 Å². The highest BCUT2D eigenvalue weighted by Gasteiger charge is 1.92. The van der Waals surface area contributed by atoms with Crippen molar-refractivity contribution in [2.24, 2.45) is 4.99 Å². The maximum atomic E-state index is 10.6. The van der Waals surface area contributed by atoms with E-state index in [2.05, 4.69) is 22.4 Å². The Labute approximate surface area is 92.1 Å². The van der Waals surface area contributed by atoms with E-state index >= 15 is 0 Å². The van der Waals surface area contributed by atoms with Crippen molar-refractivity contribution in [1.82, 2.24) is 0 Å². The zero-order chi connectivity index (χ0) is 10.6. The molecule has 0 amide bonds. The third-order valence-corrected chi connectivity index (χ3v) is 2.17. The van der Waals surface area contributed by atoms with Crippen molar-refractivity contribution in [2.75, 3.05) is 45.0 Å². The summed E-state index contributed by atoms with van der Waals surface area (Å²) in [5, 5.41) is 2.25. The van der Waals surface area contributed by atoms with Crippen molar-refractivity contribution in [3.8, 4) is 0 Å². The van der Waals surface area contributed by atoms with Crippen molar-refractivity contribution in [3.05, 3.63) is 0 Å². The first-order valence-corrected chi connectivity index (χ1v) is 6.40. The van der Waals surface area contributed by atoms with Crippen LogP contribution in [-0.2, 0) is 20.3 Å². The molecule has 82 valence electrons. The molecule has 1 atom stereocenters. The fourth-order valence-electron chi connectivity index (χ4n) is 0.654. The molecule has 0 N–H and O–H groups in total. The number of ether oxygens (including phenoxy) is 2. The minimum atomic E-state index is -0.778. The molecule has 0 aliphatic carbocycles. The number of thiocarbonyl (C=S) groups is 1. The number of isothiocyanates is 1. The van der Waals surface area contributed by atoms with Crippen LogP contribution >= 0.6 is 12.2 Å². The average Bonchev–Trinajstić information content (AvgIpc) is 2.15. The first-order chi connectivity index (χ1) is 6.77. The summed E-state index contributed by atoms with van der Waals surface area (Å²) in [4.78, 5) is 3.69. The Morgan fingerprint density at radius 2 is 1.93 bits per heavy atom. The topological polar surface area (TPSA) is 47.9 Å². The molecule has 0 aromatic rings. The molecule has 0 unspecified atom stereocenters. The van der Waals surface area contributed by atoms with Crippen molar-refractivity contribution in [1.29, 1.82) is 0 Å². The lowest BCUT2D eigenvalue weighted by Crippen LogP contribution is -2.10. The summed E-state index contributed by atoms with van der Waals surface area (Å²) in [6, 6.07) is 0. The monoisotopic (exact) mass is 237 g/mol. The summed E-state index contributed by atoms with van der Waals surface area (Å²) in [6.07, 6.45) is 1.66. The number of aliphatic imine (C=N–C) groups is 1. The van der Waals surface area contributed by atoms with Crippen molar-refractivity contribution in [2.45, 2.75) is 0 Å². The van der Waals surface area contributed by atoms with Gasteiger partial charge in [-0.1, -0.05) is 0 Å². The number of hydrogen-bond acceptors (Lipinski definition) is 5. The van der Waals surface area contributed by atoms with Gasteiger partial charge in [-0.05, 0) is 12.2 Å². The molecule has 0 bridgehead atoms. The van der Waals surface area contributed by atoms with E-state index in [0.29, 0.717) is 38.7 Å². The van der Waals surface area contributed by atoms with Crippen LogP contribution in [0.5, 0.6) is 0 Å². The molecule has 0 saturated heterocycles. The Bertz CT molecular complexity index is 197. The average molecular weight is 237 g/mol. The molecule has 0 heterocycles. The predicted molar refractivity (Wildman–Crippen MR) is 60.5 cm³/mol. The second kappa shape index (κ2) is 10.9. The van der Waals surface area contributed by atoms with E-state index in [1.165, 1.54) is 0 Å². The first kappa shape index (κ1) is 13.9. The van der Waals surface area contributed by atoms with Crippen LogP contribution in [0.2, 0.25) is 0 Å². The minimum absolute atomic E-state index is 0.518. The van der Waals surface area contributed by atoms with Gasteiger partial charge in [-0.15, -0.1) is 0 Å². The Morgan fingerprint density at radius 3 is 2.50 bits per heavy atom. The van der Waals surface area contributed by atoms with E-state index < -0.39 is 10.8 Å². The van der Waals surface area contributed by atoms with Crippen LogP contribution in [0.4, 0.5) is 0 Å². The number of hydrogen-bond donors (Lipinski definition) is 0. The molecule has 0 rings (SSSR count). The summed E-state index contributed by atoms with van der Waals surface area (Å²) >= 11 is 4.39. The summed E-state index contributed by atoms with van der Waals surface area (Å²) in [5.41, 5.74) is 0. The molecular weight excluding hydrogens is 222 g/mol. The van der Waals surface area contributed by atoms with Crippen LogP contribution in [0.3, 0.4) is 0 Å². The molecule has 14 heavy (non-hydrogen) atoms. The molecule has 0 fully saturated rings. The predicted octanol–water partition coefficient (Wildman–Crippen LogP) is 0.501. The molecule has 4 nitrogen and oxygen atoms in total. The molecule has 0 aromatic heterocycles. The van der Waals surface area contributed by atoms with Crippen molar-refractivity contribution in [3.63, 3.8) is 0 Å². The summed E-state index contributed by atoms with van der Waals surface area (Å²) < 4.78 is 20.9. The standard InChI is InChI=1S/C8H15NO3S2/c1-14(10)7-6-12-5-4-11-3-2-9-8-13/h2-7H2,1H3/t14-/m0/s1. The Hall–Kier alpha value is -0.130. The van der Waals surface area contributed by atoms with E-state index in [9.17, 15) is 4.21 Å². The van der Waals surface area contributed by atoms with E-state index in [1.807, 2.05) is 0 Å². The summed E-state index contributed by atoms with van der Waals surface area (Å²) in [5.74, 6) is 0.579. The Balaban J connectivity index is 2.99. The first-order valence-electron chi connectivity index (χ1n) is 4.26. The van der Waals surface area contributed by atoms with Crippen LogP contribution < -0.4 is 0 Å². The van der Waals surface area contributed by atoms with Gasteiger partial charge in [0.25, 0.3) is 0 Å². The van der Waals surface area contributed by atoms with Crippen LogP contribution in [-0.4, -0.2) is 54.4 Å². The second-order valence-corrected chi connectivity index (χ2v) is 4.21. The molecule has 0 aliphatic rings. The zero-order valence-electron chi connectivity index (χ0n) is 8.23. The highest BCUT2D eigenvalue weighted by molar-refractivity contribution is 7.84. The lowest BCUT2D eigenvalue weighted by Gasteiger charge is -2.03. The normalized spacial score (nSPS) is 12.1. The largest absolute Gasteiger partial charge is 0.378 e. The molecule has 0 aliphatic heterocycles. The molecule has 0 spiro atoms. The second-order valence-electron chi connectivity index (χ2n) is 2.48. The molecular formula is C8H15NO3S2. The van der Waals surface area contributed by atoms with E-state index in [1.54, 1.807) is 6.26 Å². The summed E-state index contributed by atoms with van der Waals surface area (Å²) in [7, 11) is -0.778. The zero-order valence-corrected chi connectivity index (χ0v) is 9.86. The maximum absolute atomic E-state index is 10.6. The molecule has 0 radical (unpaired) electrons. The highest BCUT2D eigenvalue weighted by atomic mass is 32.2. The fraction of sp³-hybridized carbons (Fsp3) is 0.875. The number of rotatable bonds is 9. The van der Waals surface area contributed by atoms with Gasteiger partial charge < -0.3 is 9.47 Å². The van der Waals surface area contributed by atoms with Crippen molar-refractivity contribution >= 4 is 28.2 Å². The van der Waals surface area contributed by atoms with Crippen LogP contribution in [0.1, 0.15) is 0 Å². The molecule has 6 heteroatoms. The third-order valence-electron chi connectivity index (χ3n) is 1.30. The van der Waals surface area contributed by atoms with Gasteiger partial charge in [0.1, 0.15) is 0 Å². The quantitative estimate of drug-likeness (QED) is 0.333. The van der Waals surface area contributed by atoms with Crippen molar-refractivity contribution < 1.29 is 13.7 Å². The van der Waals surface area contributed by atoms with Crippen LogP contribution in [0.25, 0.3) is 0 Å². The van der Waals surface area contributed by atoms with Gasteiger partial charge in [-0.3, -0.25) is 4.21 Å². The Morgan fingerprint density at radius 1 is 1.29 bits per heavy atom. The minimum Gasteiger partial charge on any atom is -0.378 e. The molecule has 0 saturated carbocycles. The van der Waals surface area contributed by atoms with Gasteiger partial charge in [-0.25, -0.2) is 4.99 Å². The maximum Gasteiger partial charge on any atom is 0.0727 e.